The highest BCUT2D eigenvalue weighted by atomic mass is 16.5. The monoisotopic (exact) mass is 307 g/mol. The van der Waals surface area contributed by atoms with E-state index in [0.717, 1.165) is 18.5 Å². The number of aromatic nitrogens is 4. The minimum absolute atomic E-state index is 0.185. The fourth-order valence-corrected chi connectivity index (χ4v) is 1.99. The van der Waals surface area contributed by atoms with Crippen LogP contribution in [-0.4, -0.2) is 51.9 Å². The lowest BCUT2D eigenvalue weighted by molar-refractivity contribution is 0.0763. The molecular formula is C14H21N5O3. The number of aromatic amines is 1. The van der Waals surface area contributed by atoms with E-state index in [9.17, 15) is 4.79 Å². The van der Waals surface area contributed by atoms with Crippen molar-refractivity contribution in [3.05, 3.63) is 29.2 Å². The van der Waals surface area contributed by atoms with Crippen molar-refractivity contribution >= 4 is 5.91 Å². The van der Waals surface area contributed by atoms with Gasteiger partial charge in [0.25, 0.3) is 5.91 Å². The van der Waals surface area contributed by atoms with E-state index in [1.165, 1.54) is 4.90 Å². The van der Waals surface area contributed by atoms with Crippen LogP contribution in [0.4, 0.5) is 0 Å². The van der Waals surface area contributed by atoms with Gasteiger partial charge >= 0.3 is 0 Å². The molecule has 22 heavy (non-hydrogen) atoms. The second kappa shape index (κ2) is 7.69. The number of ether oxygens (including phenoxy) is 1. The lowest BCUT2D eigenvalue weighted by atomic mass is 10.2. The van der Waals surface area contributed by atoms with E-state index in [4.69, 9.17) is 9.26 Å². The molecule has 2 rings (SSSR count). The number of nitrogens with zero attached hydrogens (tertiary/aromatic N) is 4. The number of amides is 1. The summed E-state index contributed by atoms with van der Waals surface area (Å²) >= 11 is 0. The van der Waals surface area contributed by atoms with Gasteiger partial charge in [0.05, 0.1) is 6.61 Å². The zero-order valence-corrected chi connectivity index (χ0v) is 13.1. The molecule has 0 aliphatic rings. The SMILES string of the molecule is CCCc1cc(C(=O)N(C)Cc2nc(CCOC)no2)n[nH]1. The molecule has 0 atom stereocenters. The van der Waals surface area contributed by atoms with E-state index in [1.807, 2.05) is 0 Å². The Labute approximate surface area is 128 Å². The number of rotatable bonds is 8. The minimum atomic E-state index is -0.185. The Kier molecular flexibility index (Phi) is 5.65. The van der Waals surface area contributed by atoms with Crippen LogP contribution >= 0.6 is 0 Å². The average Bonchev–Trinajstić information content (AvgIpc) is 3.14. The molecule has 2 aromatic heterocycles. The maximum Gasteiger partial charge on any atom is 0.274 e. The predicted molar refractivity (Wildman–Crippen MR) is 78.3 cm³/mol. The number of aryl methyl sites for hydroxylation is 1. The maximum absolute atomic E-state index is 12.3. The summed E-state index contributed by atoms with van der Waals surface area (Å²) in [5, 5.41) is 10.8. The molecule has 0 bridgehead atoms. The van der Waals surface area contributed by atoms with E-state index in [0.29, 0.717) is 30.4 Å². The summed E-state index contributed by atoms with van der Waals surface area (Å²) in [7, 11) is 3.29. The maximum atomic E-state index is 12.3. The molecule has 1 amide bonds. The van der Waals surface area contributed by atoms with Gasteiger partial charge in [-0.1, -0.05) is 18.5 Å². The van der Waals surface area contributed by atoms with Gasteiger partial charge < -0.3 is 14.2 Å². The molecule has 0 saturated heterocycles. The summed E-state index contributed by atoms with van der Waals surface area (Å²) in [4.78, 5) is 18.0. The van der Waals surface area contributed by atoms with Crippen molar-refractivity contribution < 1.29 is 14.1 Å². The first-order valence-electron chi connectivity index (χ1n) is 7.24. The normalized spacial score (nSPS) is 10.9. The lowest BCUT2D eigenvalue weighted by Gasteiger charge is -2.12. The van der Waals surface area contributed by atoms with Crippen LogP contribution in [-0.2, 0) is 24.1 Å². The van der Waals surface area contributed by atoms with Crippen LogP contribution in [0.2, 0.25) is 0 Å². The topological polar surface area (TPSA) is 97.1 Å². The molecule has 0 spiro atoms. The Morgan fingerprint density at radius 1 is 1.45 bits per heavy atom. The van der Waals surface area contributed by atoms with Crippen LogP contribution in [0.3, 0.4) is 0 Å². The van der Waals surface area contributed by atoms with Gasteiger partial charge in [0.2, 0.25) is 5.89 Å². The molecule has 0 aromatic carbocycles. The quantitative estimate of drug-likeness (QED) is 0.787. The van der Waals surface area contributed by atoms with Gasteiger partial charge in [-0.3, -0.25) is 9.89 Å². The van der Waals surface area contributed by atoms with Crippen molar-refractivity contribution in [3.63, 3.8) is 0 Å². The van der Waals surface area contributed by atoms with Crippen molar-refractivity contribution in [3.8, 4) is 0 Å². The van der Waals surface area contributed by atoms with Gasteiger partial charge in [-0.2, -0.15) is 10.1 Å². The van der Waals surface area contributed by atoms with E-state index in [-0.39, 0.29) is 12.5 Å². The Morgan fingerprint density at radius 3 is 3.00 bits per heavy atom. The highest BCUT2D eigenvalue weighted by Crippen LogP contribution is 2.08. The third-order valence-electron chi connectivity index (χ3n) is 3.13. The van der Waals surface area contributed by atoms with Gasteiger partial charge in [-0.25, -0.2) is 0 Å². The molecule has 8 heteroatoms. The van der Waals surface area contributed by atoms with Gasteiger partial charge in [-0.05, 0) is 12.5 Å². The predicted octanol–water partition coefficient (Wildman–Crippen LogP) is 1.21. The third kappa shape index (κ3) is 4.14. The zero-order chi connectivity index (χ0) is 15.9. The summed E-state index contributed by atoms with van der Waals surface area (Å²) in [5.74, 6) is 0.782. The minimum Gasteiger partial charge on any atom is -0.384 e. The summed E-state index contributed by atoms with van der Waals surface area (Å²) < 4.78 is 10.1. The number of hydrogen-bond acceptors (Lipinski definition) is 6. The molecule has 0 aliphatic carbocycles. The molecule has 1 N–H and O–H groups in total. The smallest absolute Gasteiger partial charge is 0.274 e. The highest BCUT2D eigenvalue weighted by molar-refractivity contribution is 5.92. The van der Waals surface area contributed by atoms with Crippen LogP contribution in [0.15, 0.2) is 10.6 Å². The van der Waals surface area contributed by atoms with Crippen molar-refractivity contribution in [2.45, 2.75) is 32.7 Å². The van der Waals surface area contributed by atoms with Crippen molar-refractivity contribution in [1.82, 2.24) is 25.2 Å². The zero-order valence-electron chi connectivity index (χ0n) is 13.1. The largest absolute Gasteiger partial charge is 0.384 e. The number of hydrogen-bond donors (Lipinski definition) is 1. The molecule has 0 aliphatic heterocycles. The fourth-order valence-electron chi connectivity index (χ4n) is 1.99. The van der Waals surface area contributed by atoms with Crippen molar-refractivity contribution in [1.29, 1.82) is 0 Å². The molecule has 2 heterocycles. The van der Waals surface area contributed by atoms with Gasteiger partial charge in [0.15, 0.2) is 5.82 Å². The fraction of sp³-hybridized carbons (Fsp3) is 0.571. The molecule has 0 fully saturated rings. The van der Waals surface area contributed by atoms with E-state index in [2.05, 4.69) is 27.3 Å². The Balaban J connectivity index is 1.93. The number of methoxy groups -OCH3 is 1. The molecule has 8 nitrogen and oxygen atoms in total. The number of nitrogens with one attached hydrogen (secondary N) is 1. The van der Waals surface area contributed by atoms with E-state index in [1.54, 1.807) is 20.2 Å². The number of carbonyl (C=O) groups is 1. The first kappa shape index (κ1) is 16.2. The molecular weight excluding hydrogens is 286 g/mol. The van der Waals surface area contributed by atoms with Crippen LogP contribution in [0.25, 0.3) is 0 Å². The Morgan fingerprint density at radius 2 is 2.27 bits per heavy atom. The first-order chi connectivity index (χ1) is 10.6. The lowest BCUT2D eigenvalue weighted by Crippen LogP contribution is -2.26. The van der Waals surface area contributed by atoms with Crippen LogP contribution in [0.1, 0.15) is 41.2 Å². The highest BCUT2D eigenvalue weighted by Gasteiger charge is 2.18. The Bertz CT molecular complexity index is 607. The molecule has 0 saturated carbocycles. The summed E-state index contributed by atoms with van der Waals surface area (Å²) in [5.41, 5.74) is 1.35. The van der Waals surface area contributed by atoms with Gasteiger partial charge in [0, 0.05) is 26.3 Å². The van der Waals surface area contributed by atoms with Gasteiger partial charge in [-0.15, -0.1) is 0 Å². The summed E-state index contributed by atoms with van der Waals surface area (Å²) in [6, 6.07) is 1.78. The standard InChI is InChI=1S/C14H21N5O3/c1-4-5-10-8-11(17-16-10)14(20)19(2)9-13-15-12(18-22-13)6-7-21-3/h8H,4-7,9H2,1-3H3,(H,16,17). The second-order valence-corrected chi connectivity index (χ2v) is 5.04. The average molecular weight is 307 g/mol. The summed E-state index contributed by atoms with van der Waals surface area (Å²) in [6.07, 6.45) is 2.45. The molecule has 0 unspecified atom stereocenters. The van der Waals surface area contributed by atoms with Crippen LogP contribution in [0, 0.1) is 0 Å². The van der Waals surface area contributed by atoms with Crippen molar-refractivity contribution in [2.75, 3.05) is 20.8 Å². The van der Waals surface area contributed by atoms with Crippen LogP contribution < -0.4 is 0 Å². The number of carbonyl (C=O) groups excluding carboxylic acids is 1. The first-order valence-corrected chi connectivity index (χ1v) is 7.24. The van der Waals surface area contributed by atoms with Gasteiger partial charge in [0.1, 0.15) is 12.2 Å². The van der Waals surface area contributed by atoms with Crippen molar-refractivity contribution in [2.24, 2.45) is 0 Å². The Hall–Kier alpha value is -2.22. The molecule has 0 radical (unpaired) electrons. The van der Waals surface area contributed by atoms with E-state index < -0.39 is 0 Å². The molecule has 120 valence electrons. The van der Waals surface area contributed by atoms with E-state index >= 15 is 0 Å². The third-order valence-corrected chi connectivity index (χ3v) is 3.13. The molecule has 2 aromatic rings. The summed E-state index contributed by atoms with van der Waals surface area (Å²) in [6.45, 7) is 2.85. The van der Waals surface area contributed by atoms with Crippen LogP contribution in [0.5, 0.6) is 0 Å². The second-order valence-electron chi connectivity index (χ2n) is 5.04. The number of H-pyrrole nitrogens is 1.